The van der Waals surface area contributed by atoms with Gasteiger partial charge in [0.15, 0.2) is 11.6 Å². The molecule has 1 saturated heterocycles. The van der Waals surface area contributed by atoms with Crippen molar-refractivity contribution in [3.8, 4) is 28.4 Å². The van der Waals surface area contributed by atoms with E-state index in [1.54, 1.807) is 60.8 Å². The quantitative estimate of drug-likeness (QED) is 0.436. The van der Waals surface area contributed by atoms with Crippen LogP contribution in [0.1, 0.15) is 23.2 Å². The van der Waals surface area contributed by atoms with Crippen molar-refractivity contribution in [1.82, 2.24) is 34.4 Å². The molecule has 10 nitrogen and oxygen atoms in total. The highest BCUT2D eigenvalue weighted by molar-refractivity contribution is 5.96. The summed E-state index contributed by atoms with van der Waals surface area (Å²) in [5, 5.41) is 8.37. The van der Waals surface area contributed by atoms with Crippen LogP contribution in [0.2, 0.25) is 0 Å². The Hall–Kier alpha value is -4.18. The Kier molecular flexibility index (Phi) is 6.19. The summed E-state index contributed by atoms with van der Waals surface area (Å²) in [6.45, 7) is 2.01. The zero-order chi connectivity index (χ0) is 24.4. The van der Waals surface area contributed by atoms with Crippen molar-refractivity contribution in [2.75, 3.05) is 20.1 Å². The first-order valence-corrected chi connectivity index (χ1v) is 11.4. The standard InChI is InChI=1S/C25H25N7O3/c1-30-10-8-20(9-11-30)35-21-14-26-24(27-15-21)17-4-3-5-18(12-17)25(34)32-23(33)7-6-22(29-32)19-13-28-31(2)16-19/h3-7,12-16,20H,8-11H2,1-2H3. The monoisotopic (exact) mass is 471 g/mol. The summed E-state index contributed by atoms with van der Waals surface area (Å²) in [5.41, 5.74) is 1.62. The van der Waals surface area contributed by atoms with Gasteiger partial charge in [-0.15, -0.1) is 0 Å². The number of rotatable bonds is 5. The first-order valence-electron chi connectivity index (χ1n) is 11.4. The molecule has 0 spiro atoms. The van der Waals surface area contributed by atoms with Crippen molar-refractivity contribution >= 4 is 5.91 Å². The van der Waals surface area contributed by atoms with Gasteiger partial charge in [0.25, 0.3) is 11.5 Å². The predicted octanol–water partition coefficient (Wildman–Crippen LogP) is 2.26. The number of ether oxygens (including phenoxy) is 1. The lowest BCUT2D eigenvalue weighted by Crippen LogP contribution is -2.35. The lowest BCUT2D eigenvalue weighted by molar-refractivity contribution is 0.0939. The van der Waals surface area contributed by atoms with E-state index in [1.165, 1.54) is 6.07 Å². The molecule has 0 N–H and O–H groups in total. The van der Waals surface area contributed by atoms with Gasteiger partial charge in [-0.2, -0.15) is 14.9 Å². The Morgan fingerprint density at radius 1 is 1.00 bits per heavy atom. The molecule has 0 bridgehead atoms. The first kappa shape index (κ1) is 22.6. The molecular formula is C25H25N7O3. The number of aryl methyl sites for hydroxylation is 1. The Balaban J connectivity index is 1.35. The normalized spacial score (nSPS) is 14.7. The van der Waals surface area contributed by atoms with Crippen molar-refractivity contribution in [3.05, 3.63) is 77.1 Å². The second kappa shape index (κ2) is 9.59. The number of likely N-dealkylation sites (tertiary alicyclic amines) is 1. The molecule has 3 aromatic heterocycles. The molecule has 10 heteroatoms. The summed E-state index contributed by atoms with van der Waals surface area (Å²) in [6, 6.07) is 9.72. The zero-order valence-electron chi connectivity index (χ0n) is 19.5. The van der Waals surface area contributed by atoms with E-state index >= 15 is 0 Å². The average molecular weight is 472 g/mol. The lowest BCUT2D eigenvalue weighted by atomic mass is 10.1. The molecule has 0 radical (unpaired) electrons. The molecule has 0 amide bonds. The van der Waals surface area contributed by atoms with Crippen LogP contribution in [-0.2, 0) is 7.05 Å². The van der Waals surface area contributed by atoms with Crippen molar-refractivity contribution < 1.29 is 9.53 Å². The maximum absolute atomic E-state index is 13.2. The molecule has 5 rings (SSSR count). The second-order valence-electron chi connectivity index (χ2n) is 8.62. The van der Waals surface area contributed by atoms with Gasteiger partial charge in [0.1, 0.15) is 6.10 Å². The minimum atomic E-state index is -0.537. The molecule has 4 aromatic rings. The Morgan fingerprint density at radius 3 is 2.49 bits per heavy atom. The van der Waals surface area contributed by atoms with Gasteiger partial charge in [0.05, 0.1) is 24.3 Å². The summed E-state index contributed by atoms with van der Waals surface area (Å²) in [6.07, 6.45) is 8.79. The summed E-state index contributed by atoms with van der Waals surface area (Å²) >= 11 is 0. The van der Waals surface area contributed by atoms with E-state index < -0.39 is 11.5 Å². The number of carbonyl (C=O) groups is 1. The molecule has 1 fully saturated rings. The van der Waals surface area contributed by atoms with Crippen LogP contribution in [0.15, 0.2) is 66.0 Å². The van der Waals surface area contributed by atoms with Crippen LogP contribution in [0.4, 0.5) is 0 Å². The number of carbonyl (C=O) groups excluding carboxylic acids is 1. The van der Waals surface area contributed by atoms with Gasteiger partial charge in [-0.25, -0.2) is 9.97 Å². The highest BCUT2D eigenvalue weighted by Crippen LogP contribution is 2.21. The molecule has 0 saturated carbocycles. The maximum Gasteiger partial charge on any atom is 0.281 e. The highest BCUT2D eigenvalue weighted by Gasteiger charge is 2.19. The van der Waals surface area contributed by atoms with Crippen molar-refractivity contribution in [2.45, 2.75) is 18.9 Å². The molecule has 178 valence electrons. The molecular weight excluding hydrogens is 446 g/mol. The third kappa shape index (κ3) is 5.02. The predicted molar refractivity (Wildman–Crippen MR) is 129 cm³/mol. The van der Waals surface area contributed by atoms with Gasteiger partial charge in [0, 0.05) is 49.1 Å². The zero-order valence-corrected chi connectivity index (χ0v) is 19.5. The van der Waals surface area contributed by atoms with E-state index in [-0.39, 0.29) is 6.10 Å². The van der Waals surface area contributed by atoms with E-state index in [0.717, 1.165) is 30.6 Å². The fraction of sp³-hybridized carbons (Fsp3) is 0.280. The Morgan fingerprint density at radius 2 is 1.77 bits per heavy atom. The summed E-state index contributed by atoms with van der Waals surface area (Å²) < 4.78 is 8.51. The lowest BCUT2D eigenvalue weighted by Gasteiger charge is -2.29. The Bertz CT molecular complexity index is 1400. The van der Waals surface area contributed by atoms with E-state index in [4.69, 9.17) is 4.74 Å². The van der Waals surface area contributed by atoms with Crippen molar-refractivity contribution in [2.24, 2.45) is 7.05 Å². The van der Waals surface area contributed by atoms with Crippen LogP contribution in [0.5, 0.6) is 5.75 Å². The Labute approximate surface area is 201 Å². The molecule has 1 aliphatic rings. The summed E-state index contributed by atoms with van der Waals surface area (Å²) in [4.78, 5) is 36.7. The van der Waals surface area contributed by atoms with Gasteiger partial charge < -0.3 is 9.64 Å². The third-order valence-corrected chi connectivity index (χ3v) is 5.96. The molecule has 0 aliphatic carbocycles. The van der Waals surface area contributed by atoms with Crippen LogP contribution in [0.25, 0.3) is 22.6 Å². The van der Waals surface area contributed by atoms with Gasteiger partial charge in [-0.1, -0.05) is 12.1 Å². The number of aromatic nitrogens is 6. The molecule has 1 aromatic carbocycles. The van der Waals surface area contributed by atoms with Crippen LogP contribution < -0.4 is 10.3 Å². The fourth-order valence-corrected chi connectivity index (χ4v) is 4.00. The third-order valence-electron chi connectivity index (χ3n) is 5.96. The van der Waals surface area contributed by atoms with Crippen molar-refractivity contribution in [1.29, 1.82) is 0 Å². The van der Waals surface area contributed by atoms with Gasteiger partial charge in [-0.3, -0.25) is 14.3 Å². The number of piperidine rings is 1. The minimum Gasteiger partial charge on any atom is -0.487 e. The number of hydrogen-bond donors (Lipinski definition) is 0. The topological polar surface area (TPSA) is 108 Å². The maximum atomic E-state index is 13.2. The summed E-state index contributed by atoms with van der Waals surface area (Å²) in [7, 11) is 3.89. The molecule has 4 heterocycles. The number of hydrogen-bond acceptors (Lipinski definition) is 8. The smallest absolute Gasteiger partial charge is 0.281 e. The SMILES string of the molecule is CN1CCC(Oc2cnc(-c3cccc(C(=O)n4nc(-c5cnn(C)c5)ccc4=O)c3)nc2)CC1. The fourth-order valence-electron chi connectivity index (χ4n) is 4.00. The van der Waals surface area contributed by atoms with E-state index in [0.29, 0.717) is 34.0 Å². The minimum absolute atomic E-state index is 0.162. The van der Waals surface area contributed by atoms with Crippen LogP contribution in [0, 0.1) is 0 Å². The number of nitrogens with zero attached hydrogens (tertiary/aromatic N) is 7. The highest BCUT2D eigenvalue weighted by atomic mass is 16.5. The van der Waals surface area contributed by atoms with Crippen LogP contribution >= 0.6 is 0 Å². The van der Waals surface area contributed by atoms with Crippen molar-refractivity contribution in [3.63, 3.8) is 0 Å². The molecule has 0 unspecified atom stereocenters. The van der Waals surface area contributed by atoms with Crippen LogP contribution in [-0.4, -0.2) is 66.6 Å². The van der Waals surface area contributed by atoms with Gasteiger partial charge >= 0.3 is 0 Å². The van der Waals surface area contributed by atoms with Gasteiger partial charge in [0.2, 0.25) is 0 Å². The van der Waals surface area contributed by atoms with E-state index in [9.17, 15) is 9.59 Å². The molecule has 35 heavy (non-hydrogen) atoms. The first-order chi connectivity index (χ1) is 17.0. The largest absolute Gasteiger partial charge is 0.487 e. The molecule has 0 atom stereocenters. The number of benzene rings is 1. The molecule has 1 aliphatic heterocycles. The van der Waals surface area contributed by atoms with Crippen LogP contribution in [0.3, 0.4) is 0 Å². The van der Waals surface area contributed by atoms with E-state index in [2.05, 4.69) is 32.1 Å². The average Bonchev–Trinajstić information content (AvgIpc) is 3.32. The van der Waals surface area contributed by atoms with E-state index in [1.807, 2.05) is 6.07 Å². The second-order valence-corrected chi connectivity index (χ2v) is 8.62. The van der Waals surface area contributed by atoms with Gasteiger partial charge in [-0.05, 0) is 38.1 Å². The summed E-state index contributed by atoms with van der Waals surface area (Å²) in [5.74, 6) is 0.545.